The highest BCUT2D eigenvalue weighted by Gasteiger charge is 2.53. The fourth-order valence-corrected chi connectivity index (χ4v) is 5.70. The highest BCUT2D eigenvalue weighted by Crippen LogP contribution is 2.62. The molecule has 0 radical (unpaired) electrons. The van der Waals surface area contributed by atoms with E-state index < -0.39 is 10.1 Å². The molecule has 0 aliphatic heterocycles. The summed E-state index contributed by atoms with van der Waals surface area (Å²) in [7, 11) is -3.76. The van der Waals surface area contributed by atoms with Crippen molar-refractivity contribution in [2.45, 2.75) is 46.0 Å². The zero-order valence-electron chi connectivity index (χ0n) is 12.0. The molecule has 3 saturated carbocycles. The first-order valence-corrected chi connectivity index (χ1v) is 10.1. The predicted octanol–water partition coefficient (Wildman–Crippen LogP) is 3.46. The van der Waals surface area contributed by atoms with Crippen LogP contribution in [0.25, 0.3) is 0 Å². The van der Waals surface area contributed by atoms with Crippen molar-refractivity contribution in [3.05, 3.63) is 0 Å². The monoisotopic (exact) mass is 306 g/mol. The van der Waals surface area contributed by atoms with E-state index in [2.05, 4.69) is 13.8 Å². The molecule has 0 aromatic carbocycles. The summed E-state index contributed by atoms with van der Waals surface area (Å²) >= 11 is 1.83. The minimum Gasteiger partial charge on any atom is -0.286 e. The summed E-state index contributed by atoms with van der Waals surface area (Å²) in [4.78, 5) is 0. The molecule has 0 aromatic rings. The second-order valence-electron chi connectivity index (χ2n) is 6.74. The average Bonchev–Trinajstić information content (AvgIpc) is 2.32. The molecule has 3 aliphatic carbocycles. The van der Waals surface area contributed by atoms with Crippen LogP contribution in [0.2, 0.25) is 0 Å². The summed E-state index contributed by atoms with van der Waals surface area (Å²) in [6.07, 6.45) is 6.07. The first-order chi connectivity index (χ1) is 8.81. The molecular formula is C14H26O3S2. The van der Waals surface area contributed by atoms with Crippen molar-refractivity contribution in [2.24, 2.45) is 23.2 Å². The van der Waals surface area contributed by atoms with E-state index in [1.807, 2.05) is 11.8 Å². The van der Waals surface area contributed by atoms with Crippen molar-refractivity contribution in [2.75, 3.05) is 17.3 Å². The zero-order valence-corrected chi connectivity index (χ0v) is 13.6. The van der Waals surface area contributed by atoms with Crippen molar-refractivity contribution in [1.29, 1.82) is 0 Å². The van der Waals surface area contributed by atoms with E-state index in [1.165, 1.54) is 25.7 Å². The highest BCUT2D eigenvalue weighted by molar-refractivity contribution is 7.99. The van der Waals surface area contributed by atoms with E-state index >= 15 is 0 Å². The lowest BCUT2D eigenvalue weighted by Crippen LogP contribution is -2.52. The van der Waals surface area contributed by atoms with Crippen molar-refractivity contribution in [3.8, 4) is 0 Å². The Labute approximate surface area is 121 Å². The number of hydrogen-bond donors (Lipinski definition) is 1. The Bertz CT molecular complexity index is 401. The first kappa shape index (κ1) is 15.6. The molecule has 0 spiro atoms. The number of fused-ring (bicyclic) bond motifs is 2. The second-order valence-corrected chi connectivity index (χ2v) is 9.54. The van der Waals surface area contributed by atoms with E-state index in [0.717, 1.165) is 29.3 Å². The van der Waals surface area contributed by atoms with Gasteiger partial charge < -0.3 is 0 Å². The minimum atomic E-state index is -3.76. The van der Waals surface area contributed by atoms with Gasteiger partial charge in [0.05, 0.1) is 5.75 Å². The van der Waals surface area contributed by atoms with Crippen LogP contribution in [0.4, 0.5) is 0 Å². The summed E-state index contributed by atoms with van der Waals surface area (Å²) in [5.41, 5.74) is 0.568. The maximum Gasteiger partial charge on any atom is 0.264 e. The van der Waals surface area contributed by atoms with Gasteiger partial charge in [0.2, 0.25) is 0 Å². The van der Waals surface area contributed by atoms with Gasteiger partial charge in [-0.25, -0.2) is 0 Å². The molecule has 3 fully saturated rings. The number of rotatable bonds is 7. The summed E-state index contributed by atoms with van der Waals surface area (Å²) in [5, 5.41) is 0. The summed E-state index contributed by atoms with van der Waals surface area (Å²) in [6.45, 7) is 4.86. The molecular weight excluding hydrogens is 280 g/mol. The van der Waals surface area contributed by atoms with E-state index in [4.69, 9.17) is 4.55 Å². The third kappa shape index (κ3) is 3.88. The molecule has 3 atom stereocenters. The molecule has 0 aromatic heterocycles. The highest BCUT2D eigenvalue weighted by atomic mass is 32.2. The van der Waals surface area contributed by atoms with Gasteiger partial charge in [0.1, 0.15) is 0 Å². The first-order valence-electron chi connectivity index (χ1n) is 7.33. The van der Waals surface area contributed by atoms with Crippen LogP contribution in [0.1, 0.15) is 46.0 Å². The maximum atomic E-state index is 10.6. The van der Waals surface area contributed by atoms with Crippen molar-refractivity contribution in [1.82, 2.24) is 0 Å². The maximum absolute atomic E-state index is 10.6. The Morgan fingerprint density at radius 1 is 1.26 bits per heavy atom. The molecule has 3 unspecified atom stereocenters. The van der Waals surface area contributed by atoms with Gasteiger partial charge in [0.25, 0.3) is 10.1 Å². The summed E-state index contributed by atoms with van der Waals surface area (Å²) in [5.74, 6) is 4.65. The van der Waals surface area contributed by atoms with Crippen LogP contribution in [0.15, 0.2) is 0 Å². The lowest BCUT2D eigenvalue weighted by Gasteiger charge is -2.60. The van der Waals surface area contributed by atoms with Crippen LogP contribution in [0, 0.1) is 23.2 Å². The standard InChI is InChI=1S/C14H26O3S2/c1-14(2)12-5-4-11(13(14)10-12)6-8-18-7-3-9-19(15,16)17/h11-13H,3-10H2,1-2H3,(H,15,16,17). The quantitative estimate of drug-likeness (QED) is 0.578. The lowest BCUT2D eigenvalue weighted by atomic mass is 9.45. The van der Waals surface area contributed by atoms with Crippen LogP contribution < -0.4 is 0 Å². The van der Waals surface area contributed by atoms with Gasteiger partial charge >= 0.3 is 0 Å². The molecule has 5 heteroatoms. The Kier molecular flexibility index (Phi) is 4.89. The van der Waals surface area contributed by atoms with E-state index in [-0.39, 0.29) is 5.75 Å². The van der Waals surface area contributed by atoms with Crippen molar-refractivity contribution in [3.63, 3.8) is 0 Å². The third-order valence-corrected chi connectivity index (χ3v) is 7.23. The van der Waals surface area contributed by atoms with Gasteiger partial charge in [-0.05, 0) is 66.8 Å². The Balaban J connectivity index is 1.59. The van der Waals surface area contributed by atoms with Gasteiger partial charge in [-0.2, -0.15) is 20.2 Å². The minimum absolute atomic E-state index is 0.0965. The Morgan fingerprint density at radius 2 is 2.00 bits per heavy atom. The second kappa shape index (κ2) is 5.94. The van der Waals surface area contributed by atoms with Crippen LogP contribution >= 0.6 is 11.8 Å². The molecule has 0 saturated heterocycles. The van der Waals surface area contributed by atoms with Crippen LogP contribution in [-0.2, 0) is 10.1 Å². The van der Waals surface area contributed by atoms with Crippen LogP contribution in [0.5, 0.6) is 0 Å². The van der Waals surface area contributed by atoms with Crippen molar-refractivity contribution < 1.29 is 13.0 Å². The molecule has 19 heavy (non-hydrogen) atoms. The summed E-state index contributed by atoms with van der Waals surface area (Å²) in [6, 6.07) is 0. The molecule has 3 rings (SSSR count). The fourth-order valence-electron chi connectivity index (χ4n) is 3.99. The lowest BCUT2D eigenvalue weighted by molar-refractivity contribution is -0.105. The van der Waals surface area contributed by atoms with Crippen molar-refractivity contribution >= 4 is 21.9 Å². The predicted molar refractivity (Wildman–Crippen MR) is 81.1 cm³/mol. The topological polar surface area (TPSA) is 54.4 Å². The third-order valence-electron chi connectivity index (χ3n) is 5.33. The van der Waals surface area contributed by atoms with E-state index in [9.17, 15) is 8.42 Å². The van der Waals surface area contributed by atoms with Crippen LogP contribution in [-0.4, -0.2) is 30.2 Å². The van der Waals surface area contributed by atoms with Gasteiger partial charge in [0.15, 0.2) is 0 Å². The number of thioether (sulfide) groups is 1. The zero-order chi connectivity index (χ0) is 14.1. The van der Waals surface area contributed by atoms with Gasteiger partial charge in [0, 0.05) is 0 Å². The van der Waals surface area contributed by atoms with Gasteiger partial charge in [-0.3, -0.25) is 4.55 Å². The molecule has 0 heterocycles. The van der Waals surface area contributed by atoms with Gasteiger partial charge in [-0.15, -0.1) is 0 Å². The largest absolute Gasteiger partial charge is 0.286 e. The van der Waals surface area contributed by atoms with E-state index in [1.54, 1.807) is 0 Å². The number of hydrogen-bond acceptors (Lipinski definition) is 3. The molecule has 112 valence electrons. The molecule has 2 bridgehead atoms. The van der Waals surface area contributed by atoms with Crippen LogP contribution in [0.3, 0.4) is 0 Å². The fraction of sp³-hybridized carbons (Fsp3) is 1.00. The smallest absolute Gasteiger partial charge is 0.264 e. The summed E-state index contributed by atoms with van der Waals surface area (Å²) < 4.78 is 29.8. The molecule has 1 N–H and O–H groups in total. The van der Waals surface area contributed by atoms with E-state index in [0.29, 0.717) is 11.8 Å². The average molecular weight is 306 g/mol. The molecule has 0 amide bonds. The molecule has 3 aliphatic rings. The Morgan fingerprint density at radius 3 is 2.58 bits per heavy atom. The molecule has 3 nitrogen and oxygen atoms in total. The normalized spacial score (nSPS) is 32.9. The SMILES string of the molecule is CC1(C)C2CCC(CCSCCCS(=O)(=O)O)C1C2. The van der Waals surface area contributed by atoms with Gasteiger partial charge in [-0.1, -0.05) is 13.8 Å². The Hall–Kier alpha value is 0.260.